The first-order valence-electron chi connectivity index (χ1n) is 6.16. The van der Waals surface area contributed by atoms with E-state index in [1.807, 2.05) is 0 Å². The molecule has 0 atom stereocenters. The Hall–Kier alpha value is -1.75. The van der Waals surface area contributed by atoms with Crippen molar-refractivity contribution >= 4 is 34.8 Å². The molecule has 0 unspecified atom stereocenters. The van der Waals surface area contributed by atoms with Gasteiger partial charge in [0, 0.05) is 16.3 Å². The number of hydrogen-bond acceptors (Lipinski definition) is 3. The number of para-hydroxylation sites is 1. The van der Waals surface area contributed by atoms with Crippen molar-refractivity contribution in [1.29, 1.82) is 0 Å². The van der Waals surface area contributed by atoms with E-state index in [0.29, 0.717) is 27.0 Å². The fraction of sp³-hybridized carbons (Fsp3) is 0.133. The lowest BCUT2D eigenvalue weighted by molar-refractivity contribution is -0.118. The normalized spacial score (nSPS) is 10.2. The standard InChI is InChI=1S/C15H13Cl2NO3/c16-11-5-6-14(12(17)7-11)21-9-15(20)18-13-4-2-1-3-10(13)8-19/h1-7,19H,8-9H2,(H,18,20). The molecule has 21 heavy (non-hydrogen) atoms. The molecule has 6 heteroatoms. The molecule has 0 aliphatic rings. The Kier molecular flexibility index (Phi) is 5.44. The number of rotatable bonds is 5. The summed E-state index contributed by atoms with van der Waals surface area (Å²) in [7, 11) is 0. The van der Waals surface area contributed by atoms with Gasteiger partial charge in [0.2, 0.25) is 0 Å². The molecule has 2 aromatic rings. The molecule has 0 saturated carbocycles. The second-order valence-electron chi connectivity index (χ2n) is 4.23. The topological polar surface area (TPSA) is 58.6 Å². The summed E-state index contributed by atoms with van der Waals surface area (Å²) in [5.74, 6) is 0.0357. The van der Waals surface area contributed by atoms with E-state index in [1.54, 1.807) is 36.4 Å². The average molecular weight is 326 g/mol. The van der Waals surface area contributed by atoms with Gasteiger partial charge in [0.1, 0.15) is 5.75 Å². The maximum absolute atomic E-state index is 11.8. The van der Waals surface area contributed by atoms with Gasteiger partial charge in [-0.2, -0.15) is 0 Å². The van der Waals surface area contributed by atoms with E-state index in [0.717, 1.165) is 0 Å². The SMILES string of the molecule is O=C(COc1ccc(Cl)cc1Cl)Nc1ccccc1CO. The second-order valence-corrected chi connectivity index (χ2v) is 5.07. The van der Waals surface area contributed by atoms with Gasteiger partial charge in [0.25, 0.3) is 5.91 Å². The number of nitrogens with one attached hydrogen (secondary N) is 1. The van der Waals surface area contributed by atoms with Gasteiger partial charge >= 0.3 is 0 Å². The van der Waals surface area contributed by atoms with Crippen LogP contribution < -0.4 is 10.1 Å². The van der Waals surface area contributed by atoms with Gasteiger partial charge in [-0.25, -0.2) is 0 Å². The number of carbonyl (C=O) groups is 1. The van der Waals surface area contributed by atoms with Crippen LogP contribution in [-0.4, -0.2) is 17.6 Å². The predicted octanol–water partition coefficient (Wildman–Crippen LogP) is 3.50. The molecular formula is C15H13Cl2NO3. The van der Waals surface area contributed by atoms with E-state index in [4.69, 9.17) is 27.9 Å². The lowest BCUT2D eigenvalue weighted by Gasteiger charge is -2.11. The molecule has 0 aromatic heterocycles. The molecule has 0 fully saturated rings. The van der Waals surface area contributed by atoms with E-state index < -0.39 is 0 Å². The van der Waals surface area contributed by atoms with Crippen LogP contribution in [-0.2, 0) is 11.4 Å². The fourth-order valence-electron chi connectivity index (χ4n) is 1.70. The molecule has 2 rings (SSSR count). The number of aliphatic hydroxyl groups is 1. The summed E-state index contributed by atoms with van der Waals surface area (Å²) in [5.41, 5.74) is 1.19. The number of anilines is 1. The van der Waals surface area contributed by atoms with Crippen LogP contribution in [0.1, 0.15) is 5.56 Å². The highest BCUT2D eigenvalue weighted by Crippen LogP contribution is 2.27. The third kappa shape index (κ3) is 4.36. The third-order valence-corrected chi connectivity index (χ3v) is 3.24. The Bertz CT molecular complexity index is 647. The average Bonchev–Trinajstić information content (AvgIpc) is 2.47. The van der Waals surface area contributed by atoms with Crippen LogP contribution in [0.25, 0.3) is 0 Å². The number of aliphatic hydroxyl groups excluding tert-OH is 1. The molecule has 4 nitrogen and oxygen atoms in total. The van der Waals surface area contributed by atoms with E-state index in [2.05, 4.69) is 5.32 Å². The summed E-state index contributed by atoms with van der Waals surface area (Å²) in [4.78, 5) is 11.8. The second kappa shape index (κ2) is 7.31. The van der Waals surface area contributed by atoms with E-state index >= 15 is 0 Å². The number of hydrogen-bond donors (Lipinski definition) is 2. The molecule has 0 aliphatic heterocycles. The van der Waals surface area contributed by atoms with Gasteiger partial charge in [-0.1, -0.05) is 41.4 Å². The summed E-state index contributed by atoms with van der Waals surface area (Å²) in [6, 6.07) is 11.8. The minimum absolute atomic E-state index is 0.152. The van der Waals surface area contributed by atoms with E-state index in [9.17, 15) is 9.90 Å². The van der Waals surface area contributed by atoms with Crippen LogP contribution in [0.3, 0.4) is 0 Å². The molecule has 1 amide bonds. The zero-order valence-corrected chi connectivity index (χ0v) is 12.5. The van der Waals surface area contributed by atoms with Crippen molar-refractivity contribution < 1.29 is 14.6 Å². The Labute approximate surface area is 132 Å². The van der Waals surface area contributed by atoms with Crippen LogP contribution in [0, 0.1) is 0 Å². The van der Waals surface area contributed by atoms with Crippen molar-refractivity contribution in [3.05, 3.63) is 58.1 Å². The van der Waals surface area contributed by atoms with Crippen LogP contribution in [0.5, 0.6) is 5.75 Å². The van der Waals surface area contributed by atoms with Gasteiger partial charge in [0.05, 0.1) is 11.6 Å². The number of halogens is 2. The highest BCUT2D eigenvalue weighted by Gasteiger charge is 2.08. The Balaban J connectivity index is 1.96. The van der Waals surface area contributed by atoms with Gasteiger partial charge in [-0.05, 0) is 24.3 Å². The van der Waals surface area contributed by atoms with Crippen molar-refractivity contribution in [3.8, 4) is 5.75 Å². The molecule has 0 spiro atoms. The van der Waals surface area contributed by atoms with Crippen molar-refractivity contribution in [2.24, 2.45) is 0 Å². The quantitative estimate of drug-likeness (QED) is 0.884. The monoisotopic (exact) mass is 325 g/mol. The summed E-state index contributed by atoms with van der Waals surface area (Å²) >= 11 is 11.7. The molecule has 2 aromatic carbocycles. The Morgan fingerprint density at radius 1 is 1.19 bits per heavy atom. The smallest absolute Gasteiger partial charge is 0.262 e. The fourth-order valence-corrected chi connectivity index (χ4v) is 2.17. The minimum Gasteiger partial charge on any atom is -0.482 e. The van der Waals surface area contributed by atoms with Crippen molar-refractivity contribution in [2.75, 3.05) is 11.9 Å². The first kappa shape index (κ1) is 15.6. The van der Waals surface area contributed by atoms with E-state index in [1.165, 1.54) is 6.07 Å². The van der Waals surface area contributed by atoms with E-state index in [-0.39, 0.29) is 19.1 Å². The molecule has 0 bridgehead atoms. The highest BCUT2D eigenvalue weighted by atomic mass is 35.5. The van der Waals surface area contributed by atoms with Gasteiger partial charge in [0.15, 0.2) is 6.61 Å². The molecule has 0 heterocycles. The molecule has 0 radical (unpaired) electrons. The minimum atomic E-state index is -0.345. The van der Waals surface area contributed by atoms with Crippen LogP contribution in [0.15, 0.2) is 42.5 Å². The molecule has 110 valence electrons. The number of amides is 1. The third-order valence-electron chi connectivity index (χ3n) is 2.71. The largest absolute Gasteiger partial charge is 0.482 e. The first-order valence-corrected chi connectivity index (χ1v) is 6.92. The lowest BCUT2D eigenvalue weighted by atomic mass is 10.2. The maximum Gasteiger partial charge on any atom is 0.262 e. The molecule has 0 saturated heterocycles. The van der Waals surface area contributed by atoms with Crippen molar-refractivity contribution in [2.45, 2.75) is 6.61 Å². The van der Waals surface area contributed by atoms with Crippen LogP contribution >= 0.6 is 23.2 Å². The predicted molar refractivity (Wildman–Crippen MR) is 83.0 cm³/mol. The zero-order chi connectivity index (χ0) is 15.2. The molecule has 2 N–H and O–H groups in total. The van der Waals surface area contributed by atoms with Gasteiger partial charge in [-0.3, -0.25) is 4.79 Å². The summed E-state index contributed by atoms with van der Waals surface area (Å²) < 4.78 is 5.33. The molecule has 0 aliphatic carbocycles. The Morgan fingerprint density at radius 3 is 2.67 bits per heavy atom. The summed E-state index contributed by atoms with van der Waals surface area (Å²) in [5, 5.41) is 12.7. The first-order chi connectivity index (χ1) is 10.1. The zero-order valence-electron chi connectivity index (χ0n) is 11.0. The van der Waals surface area contributed by atoms with Crippen LogP contribution in [0.2, 0.25) is 10.0 Å². The highest BCUT2D eigenvalue weighted by molar-refractivity contribution is 6.35. The Morgan fingerprint density at radius 2 is 1.95 bits per heavy atom. The maximum atomic E-state index is 11.8. The van der Waals surface area contributed by atoms with Gasteiger partial charge in [-0.15, -0.1) is 0 Å². The number of ether oxygens (including phenoxy) is 1. The van der Waals surface area contributed by atoms with Gasteiger partial charge < -0.3 is 15.2 Å². The lowest BCUT2D eigenvalue weighted by Crippen LogP contribution is -2.21. The van der Waals surface area contributed by atoms with Crippen molar-refractivity contribution in [3.63, 3.8) is 0 Å². The summed E-state index contributed by atoms with van der Waals surface area (Å²) in [6.07, 6.45) is 0. The van der Waals surface area contributed by atoms with Crippen LogP contribution in [0.4, 0.5) is 5.69 Å². The van der Waals surface area contributed by atoms with Crippen molar-refractivity contribution in [1.82, 2.24) is 0 Å². The number of benzene rings is 2. The number of carbonyl (C=O) groups excluding carboxylic acids is 1. The summed E-state index contributed by atoms with van der Waals surface area (Å²) in [6.45, 7) is -0.346. The molecular weight excluding hydrogens is 313 g/mol.